The number of urea groups is 1. The number of hydrogen-bond donors (Lipinski definition) is 2. The fourth-order valence-electron chi connectivity index (χ4n) is 3.28. The number of likely N-dealkylation sites (tertiary alicyclic amines) is 1. The third-order valence-electron chi connectivity index (χ3n) is 4.94. The minimum Gasteiger partial charge on any atom is -0.396 e. The summed E-state index contributed by atoms with van der Waals surface area (Å²) >= 11 is 0. The fraction of sp³-hybridized carbons (Fsp3) is 0.238. The molecule has 2 amide bonds. The molecule has 3 N–H and O–H groups in total. The van der Waals surface area contributed by atoms with E-state index in [2.05, 4.69) is 20.3 Å². The molecule has 0 spiro atoms. The largest absolute Gasteiger partial charge is 0.396 e. The number of aromatic nitrogens is 3. The van der Waals surface area contributed by atoms with Gasteiger partial charge >= 0.3 is 6.03 Å². The van der Waals surface area contributed by atoms with Crippen LogP contribution in [0.5, 0.6) is 0 Å². The van der Waals surface area contributed by atoms with Crippen molar-refractivity contribution in [2.45, 2.75) is 13.3 Å². The van der Waals surface area contributed by atoms with Crippen molar-refractivity contribution in [2.75, 3.05) is 24.1 Å². The van der Waals surface area contributed by atoms with Gasteiger partial charge in [-0.15, -0.1) is 0 Å². The molecule has 1 fully saturated rings. The number of benzene rings is 1. The molecule has 4 rings (SSSR count). The summed E-state index contributed by atoms with van der Waals surface area (Å²) in [5.74, 6) is -0.981. The summed E-state index contributed by atoms with van der Waals surface area (Å²) in [6.45, 7) is 3.03. The molecule has 30 heavy (non-hydrogen) atoms. The second-order valence-corrected chi connectivity index (χ2v) is 7.31. The van der Waals surface area contributed by atoms with E-state index in [0.29, 0.717) is 19.0 Å². The summed E-state index contributed by atoms with van der Waals surface area (Å²) in [6, 6.07) is 5.93. The first-order valence-electron chi connectivity index (χ1n) is 9.44. The Hall–Kier alpha value is -3.62. The van der Waals surface area contributed by atoms with Crippen LogP contribution in [-0.4, -0.2) is 39.0 Å². The molecule has 0 saturated carbocycles. The van der Waals surface area contributed by atoms with Crippen LogP contribution in [0.3, 0.4) is 0 Å². The van der Waals surface area contributed by atoms with Gasteiger partial charge in [-0.3, -0.25) is 15.3 Å². The van der Waals surface area contributed by atoms with Crippen LogP contribution >= 0.6 is 0 Å². The molecule has 0 unspecified atom stereocenters. The first-order valence-corrected chi connectivity index (χ1v) is 9.44. The Kier molecular flexibility index (Phi) is 5.26. The Morgan fingerprint density at radius 1 is 1.20 bits per heavy atom. The lowest BCUT2D eigenvalue weighted by Crippen LogP contribution is -2.52. The van der Waals surface area contributed by atoms with Crippen molar-refractivity contribution in [1.29, 1.82) is 0 Å². The molecule has 0 radical (unpaired) electrons. The number of amides is 2. The van der Waals surface area contributed by atoms with Gasteiger partial charge in [-0.1, -0.05) is 0 Å². The van der Waals surface area contributed by atoms with Gasteiger partial charge in [-0.25, -0.2) is 18.6 Å². The Bertz CT molecular complexity index is 1080. The van der Waals surface area contributed by atoms with Gasteiger partial charge in [0.25, 0.3) is 0 Å². The zero-order chi connectivity index (χ0) is 21.3. The molecule has 0 aliphatic carbocycles. The molecule has 1 aliphatic heterocycles. The van der Waals surface area contributed by atoms with E-state index < -0.39 is 11.6 Å². The molecule has 0 bridgehead atoms. The van der Waals surface area contributed by atoms with E-state index in [1.165, 1.54) is 18.2 Å². The number of pyridine rings is 1. The topological polar surface area (TPSA) is 97.0 Å². The highest BCUT2D eigenvalue weighted by atomic mass is 19.1. The van der Waals surface area contributed by atoms with Gasteiger partial charge in [0, 0.05) is 37.1 Å². The number of carbonyl (C=O) groups excluding carboxylic acids is 1. The minimum absolute atomic E-state index is 0.120. The zero-order valence-corrected chi connectivity index (χ0v) is 16.3. The third kappa shape index (κ3) is 4.19. The van der Waals surface area contributed by atoms with E-state index in [-0.39, 0.29) is 28.8 Å². The first kappa shape index (κ1) is 19.7. The zero-order valence-electron chi connectivity index (χ0n) is 16.3. The maximum absolute atomic E-state index is 14.1. The molecule has 154 valence electrons. The van der Waals surface area contributed by atoms with E-state index in [0.717, 1.165) is 29.9 Å². The molecule has 1 aromatic carbocycles. The Morgan fingerprint density at radius 3 is 2.70 bits per heavy atom. The van der Waals surface area contributed by atoms with Crippen molar-refractivity contribution in [3.63, 3.8) is 0 Å². The van der Waals surface area contributed by atoms with Crippen LogP contribution in [0.2, 0.25) is 0 Å². The van der Waals surface area contributed by atoms with Crippen LogP contribution in [0.1, 0.15) is 11.4 Å². The highest BCUT2D eigenvalue weighted by molar-refractivity contribution is 5.92. The van der Waals surface area contributed by atoms with Crippen molar-refractivity contribution in [3.05, 3.63) is 65.7 Å². The molecular formula is C21H20F2N6O. The number of halogens is 2. The van der Waals surface area contributed by atoms with E-state index in [9.17, 15) is 13.6 Å². The molecule has 9 heteroatoms. The molecular weight excluding hydrogens is 390 g/mol. The van der Waals surface area contributed by atoms with Crippen molar-refractivity contribution in [3.8, 4) is 11.3 Å². The highest BCUT2D eigenvalue weighted by Crippen LogP contribution is 2.27. The van der Waals surface area contributed by atoms with E-state index >= 15 is 0 Å². The summed E-state index contributed by atoms with van der Waals surface area (Å²) in [4.78, 5) is 27.0. The number of nitrogens with two attached hydrogens (primary N) is 1. The average molecular weight is 410 g/mol. The van der Waals surface area contributed by atoms with Crippen LogP contribution < -0.4 is 11.1 Å². The monoisotopic (exact) mass is 410 g/mol. The summed E-state index contributed by atoms with van der Waals surface area (Å²) in [5.41, 5.74) is 8.29. The summed E-state index contributed by atoms with van der Waals surface area (Å²) in [6.07, 6.45) is 4.23. The van der Waals surface area contributed by atoms with Gasteiger partial charge in [-0.05, 0) is 43.5 Å². The lowest BCUT2D eigenvalue weighted by molar-refractivity contribution is 0.130. The number of carbonyl (C=O) groups is 1. The highest BCUT2D eigenvalue weighted by Gasteiger charge is 2.31. The van der Waals surface area contributed by atoms with Crippen LogP contribution in [0.25, 0.3) is 11.3 Å². The van der Waals surface area contributed by atoms with Crippen molar-refractivity contribution in [1.82, 2.24) is 19.9 Å². The van der Waals surface area contributed by atoms with Crippen molar-refractivity contribution < 1.29 is 13.6 Å². The van der Waals surface area contributed by atoms with Gasteiger partial charge in [0.2, 0.25) is 0 Å². The fourth-order valence-corrected chi connectivity index (χ4v) is 3.28. The Balaban J connectivity index is 1.39. The second kappa shape index (κ2) is 8.02. The minimum atomic E-state index is -0.741. The van der Waals surface area contributed by atoms with Gasteiger partial charge in [0.1, 0.15) is 11.6 Å². The van der Waals surface area contributed by atoms with Gasteiger partial charge in [0.05, 0.1) is 22.8 Å². The number of nitrogen functional groups attached to an aromatic ring is 1. The smallest absolute Gasteiger partial charge is 0.323 e. The summed E-state index contributed by atoms with van der Waals surface area (Å²) in [7, 11) is 0. The molecule has 0 atom stereocenters. The lowest BCUT2D eigenvalue weighted by atomic mass is 9.95. The maximum Gasteiger partial charge on any atom is 0.323 e. The number of nitrogens with zero attached hydrogens (tertiary/aromatic N) is 4. The molecule has 3 heterocycles. The predicted octanol–water partition coefficient (Wildman–Crippen LogP) is 3.41. The molecule has 1 saturated heterocycles. The Labute approximate surface area is 172 Å². The molecule has 7 nitrogen and oxygen atoms in total. The quantitative estimate of drug-likeness (QED) is 0.687. The van der Waals surface area contributed by atoms with E-state index in [1.807, 2.05) is 6.92 Å². The standard InChI is InChI=1S/C21H20F2N6O/c1-12-8-26-15(9-25-12)6-13-10-29(11-13)21(30)28-20-18(24)4-5-19(27-20)16-3-2-14(22)7-17(16)23/h2-5,7-9,13H,6,10-11,24H2,1H3,(H,27,28,30). The number of aryl methyl sites for hydroxylation is 1. The van der Waals surface area contributed by atoms with Crippen LogP contribution in [0.4, 0.5) is 25.1 Å². The normalized spacial score (nSPS) is 13.8. The lowest BCUT2D eigenvalue weighted by Gasteiger charge is -2.39. The second-order valence-electron chi connectivity index (χ2n) is 7.31. The SMILES string of the molecule is Cc1cnc(CC2CN(C(=O)Nc3nc(-c4ccc(F)cc4F)ccc3N)C2)cn1. The summed E-state index contributed by atoms with van der Waals surface area (Å²) in [5, 5.41) is 2.67. The molecule has 2 aromatic heterocycles. The van der Waals surface area contributed by atoms with Gasteiger partial charge in [-0.2, -0.15) is 0 Å². The maximum atomic E-state index is 14.1. The molecule has 3 aromatic rings. The third-order valence-corrected chi connectivity index (χ3v) is 4.94. The Morgan fingerprint density at radius 2 is 2.00 bits per heavy atom. The average Bonchev–Trinajstić information content (AvgIpc) is 2.67. The van der Waals surface area contributed by atoms with E-state index in [1.54, 1.807) is 17.3 Å². The predicted molar refractivity (Wildman–Crippen MR) is 109 cm³/mol. The number of hydrogen-bond acceptors (Lipinski definition) is 5. The summed E-state index contributed by atoms with van der Waals surface area (Å²) < 4.78 is 27.2. The van der Waals surface area contributed by atoms with Crippen LogP contribution in [0.15, 0.2) is 42.7 Å². The van der Waals surface area contributed by atoms with Crippen LogP contribution in [-0.2, 0) is 6.42 Å². The van der Waals surface area contributed by atoms with E-state index in [4.69, 9.17) is 5.73 Å². The number of nitrogens with one attached hydrogen (secondary N) is 1. The van der Waals surface area contributed by atoms with Crippen LogP contribution in [0, 0.1) is 24.5 Å². The van der Waals surface area contributed by atoms with Crippen molar-refractivity contribution >= 4 is 17.5 Å². The molecule has 1 aliphatic rings. The van der Waals surface area contributed by atoms with Gasteiger partial charge in [0.15, 0.2) is 5.82 Å². The number of rotatable bonds is 4. The number of anilines is 2. The van der Waals surface area contributed by atoms with Crippen molar-refractivity contribution in [2.24, 2.45) is 5.92 Å². The first-order chi connectivity index (χ1) is 14.4. The van der Waals surface area contributed by atoms with Gasteiger partial charge < -0.3 is 10.6 Å².